The standard InChI is InChI=1S/C13H18F2N2O2S/c1-2-17-7-3-4-11(17)9-16-20(18,19)13-6-5-10(14)8-12(13)15/h5-6,8,11,16H,2-4,7,9H2,1H3/p+1/t11-/m0/s1. The summed E-state index contributed by atoms with van der Waals surface area (Å²) in [5, 5.41) is 0. The van der Waals surface area contributed by atoms with Crippen molar-refractivity contribution in [2.24, 2.45) is 0 Å². The molecule has 0 saturated carbocycles. The summed E-state index contributed by atoms with van der Waals surface area (Å²) in [5.74, 6) is -1.86. The van der Waals surface area contributed by atoms with Crippen molar-refractivity contribution < 1.29 is 22.1 Å². The average molecular weight is 305 g/mol. The molecule has 2 atom stereocenters. The molecule has 2 rings (SSSR count). The molecule has 1 saturated heterocycles. The molecule has 0 spiro atoms. The van der Waals surface area contributed by atoms with Crippen LogP contribution in [0.5, 0.6) is 0 Å². The summed E-state index contributed by atoms with van der Waals surface area (Å²) in [7, 11) is -3.93. The van der Waals surface area contributed by atoms with Crippen LogP contribution in [0.2, 0.25) is 0 Å². The summed E-state index contributed by atoms with van der Waals surface area (Å²) >= 11 is 0. The Hall–Kier alpha value is -1.05. The molecule has 0 amide bonds. The van der Waals surface area contributed by atoms with E-state index in [0.29, 0.717) is 6.07 Å². The van der Waals surface area contributed by atoms with Crippen LogP contribution >= 0.6 is 0 Å². The zero-order valence-corrected chi connectivity index (χ0v) is 12.1. The molecule has 1 fully saturated rings. The monoisotopic (exact) mass is 305 g/mol. The quantitative estimate of drug-likeness (QED) is 0.823. The van der Waals surface area contributed by atoms with Gasteiger partial charge in [-0.15, -0.1) is 0 Å². The van der Waals surface area contributed by atoms with Crippen LogP contribution in [0.15, 0.2) is 23.1 Å². The first-order valence-corrected chi connectivity index (χ1v) is 8.21. The lowest BCUT2D eigenvalue weighted by molar-refractivity contribution is -0.909. The second kappa shape index (κ2) is 6.15. The molecule has 7 heteroatoms. The second-order valence-electron chi connectivity index (χ2n) is 5.03. The fourth-order valence-corrected chi connectivity index (χ4v) is 3.82. The van der Waals surface area contributed by atoms with Crippen molar-refractivity contribution in [2.45, 2.75) is 30.7 Å². The normalized spacial score (nSPS) is 23.1. The van der Waals surface area contributed by atoms with E-state index < -0.39 is 26.6 Å². The van der Waals surface area contributed by atoms with Gasteiger partial charge in [-0.05, 0) is 19.1 Å². The fourth-order valence-electron chi connectivity index (χ4n) is 2.68. The zero-order valence-electron chi connectivity index (χ0n) is 11.3. The first-order valence-electron chi connectivity index (χ1n) is 6.73. The van der Waals surface area contributed by atoms with Crippen LogP contribution in [0.3, 0.4) is 0 Å². The van der Waals surface area contributed by atoms with Crippen LogP contribution < -0.4 is 9.62 Å². The summed E-state index contributed by atoms with van der Waals surface area (Å²) in [6, 6.07) is 2.69. The van der Waals surface area contributed by atoms with Gasteiger partial charge in [-0.2, -0.15) is 0 Å². The minimum Gasteiger partial charge on any atom is -0.332 e. The van der Waals surface area contributed by atoms with Crippen LogP contribution in [-0.2, 0) is 10.0 Å². The van der Waals surface area contributed by atoms with Gasteiger partial charge in [0, 0.05) is 18.9 Å². The molecule has 20 heavy (non-hydrogen) atoms. The van der Waals surface area contributed by atoms with Gasteiger partial charge in [0.05, 0.1) is 19.6 Å². The minimum atomic E-state index is -3.93. The highest BCUT2D eigenvalue weighted by Crippen LogP contribution is 2.15. The molecular formula is C13H19F2N2O2S+. The van der Waals surface area contributed by atoms with Gasteiger partial charge >= 0.3 is 0 Å². The molecule has 0 bridgehead atoms. The maximum atomic E-state index is 13.5. The third-order valence-electron chi connectivity index (χ3n) is 3.79. The summed E-state index contributed by atoms with van der Waals surface area (Å²) in [4.78, 5) is 0.849. The predicted molar refractivity (Wildman–Crippen MR) is 70.9 cm³/mol. The Kier molecular flexibility index (Phi) is 4.72. The van der Waals surface area contributed by atoms with E-state index in [-0.39, 0.29) is 12.6 Å². The van der Waals surface area contributed by atoms with E-state index in [1.54, 1.807) is 0 Å². The topological polar surface area (TPSA) is 50.6 Å². The molecule has 1 aliphatic heterocycles. The van der Waals surface area contributed by atoms with Crippen LogP contribution in [0.4, 0.5) is 8.78 Å². The Morgan fingerprint density at radius 3 is 2.80 bits per heavy atom. The van der Waals surface area contributed by atoms with E-state index in [0.717, 1.165) is 38.1 Å². The number of halogens is 2. The van der Waals surface area contributed by atoms with Gasteiger partial charge in [0.1, 0.15) is 22.6 Å². The second-order valence-corrected chi connectivity index (χ2v) is 6.76. The lowest BCUT2D eigenvalue weighted by Gasteiger charge is -2.20. The van der Waals surface area contributed by atoms with Gasteiger partial charge in [0.2, 0.25) is 10.0 Å². The first kappa shape index (κ1) is 15.3. The molecule has 2 N–H and O–H groups in total. The van der Waals surface area contributed by atoms with E-state index in [4.69, 9.17) is 0 Å². The van der Waals surface area contributed by atoms with Crippen LogP contribution in [0.1, 0.15) is 19.8 Å². The van der Waals surface area contributed by atoms with E-state index in [1.165, 1.54) is 4.90 Å². The lowest BCUT2D eigenvalue weighted by atomic mass is 10.2. The number of quaternary nitrogens is 1. The van der Waals surface area contributed by atoms with Crippen molar-refractivity contribution in [3.8, 4) is 0 Å². The number of sulfonamides is 1. The molecule has 112 valence electrons. The highest BCUT2D eigenvalue weighted by atomic mass is 32.2. The largest absolute Gasteiger partial charge is 0.332 e. The van der Waals surface area contributed by atoms with Gasteiger partial charge in [-0.3, -0.25) is 0 Å². The van der Waals surface area contributed by atoms with Crippen molar-refractivity contribution in [3.05, 3.63) is 29.8 Å². The molecule has 0 radical (unpaired) electrons. The van der Waals surface area contributed by atoms with E-state index >= 15 is 0 Å². The van der Waals surface area contributed by atoms with E-state index in [1.807, 2.05) is 0 Å². The van der Waals surface area contributed by atoms with Crippen molar-refractivity contribution >= 4 is 10.0 Å². The maximum absolute atomic E-state index is 13.5. The third kappa shape index (κ3) is 3.34. The first-order chi connectivity index (χ1) is 9.44. The molecule has 0 aromatic heterocycles. The van der Waals surface area contributed by atoms with Gasteiger partial charge < -0.3 is 4.90 Å². The van der Waals surface area contributed by atoms with Crippen LogP contribution in [0, 0.1) is 11.6 Å². The molecule has 1 aliphatic rings. The zero-order chi connectivity index (χ0) is 14.8. The van der Waals surface area contributed by atoms with E-state index in [2.05, 4.69) is 11.6 Å². The van der Waals surface area contributed by atoms with Crippen LogP contribution in [-0.4, -0.2) is 34.1 Å². The molecule has 4 nitrogen and oxygen atoms in total. The summed E-state index contributed by atoms with van der Waals surface area (Å²) in [6.07, 6.45) is 2.03. The van der Waals surface area contributed by atoms with Gasteiger partial charge in [0.25, 0.3) is 0 Å². The molecule has 1 aromatic carbocycles. The highest BCUT2D eigenvalue weighted by Gasteiger charge is 2.29. The fraction of sp³-hybridized carbons (Fsp3) is 0.538. The lowest BCUT2D eigenvalue weighted by Crippen LogP contribution is -3.14. The highest BCUT2D eigenvalue weighted by molar-refractivity contribution is 7.89. The summed E-state index contributed by atoms with van der Waals surface area (Å²) in [5.41, 5.74) is 0. The van der Waals surface area contributed by atoms with Crippen LogP contribution in [0.25, 0.3) is 0 Å². The SMILES string of the molecule is CC[NH+]1CCC[C@H]1CNS(=O)(=O)c1ccc(F)cc1F. The summed E-state index contributed by atoms with van der Waals surface area (Å²) < 4.78 is 52.8. The van der Waals surface area contributed by atoms with Gasteiger partial charge in [-0.1, -0.05) is 0 Å². The Morgan fingerprint density at radius 1 is 1.40 bits per heavy atom. The van der Waals surface area contributed by atoms with Gasteiger partial charge in [-0.25, -0.2) is 21.9 Å². The molecule has 1 heterocycles. The molecule has 1 unspecified atom stereocenters. The Morgan fingerprint density at radius 2 is 2.15 bits per heavy atom. The minimum absolute atomic E-state index is 0.221. The van der Waals surface area contributed by atoms with Crippen molar-refractivity contribution in [3.63, 3.8) is 0 Å². The number of likely N-dealkylation sites (N-methyl/N-ethyl adjacent to an activating group) is 1. The smallest absolute Gasteiger partial charge is 0.243 e. The molecular weight excluding hydrogens is 286 g/mol. The molecule has 0 aliphatic carbocycles. The van der Waals surface area contributed by atoms with Crippen molar-refractivity contribution in [1.29, 1.82) is 0 Å². The number of rotatable bonds is 5. The number of hydrogen-bond acceptors (Lipinski definition) is 2. The van der Waals surface area contributed by atoms with Crippen molar-refractivity contribution in [2.75, 3.05) is 19.6 Å². The van der Waals surface area contributed by atoms with E-state index in [9.17, 15) is 17.2 Å². The number of nitrogens with one attached hydrogen (secondary N) is 2. The molecule has 1 aromatic rings. The number of hydrogen-bond donors (Lipinski definition) is 2. The Bertz CT molecular complexity index is 578. The average Bonchev–Trinajstić information content (AvgIpc) is 2.83. The Balaban J connectivity index is 2.07. The maximum Gasteiger partial charge on any atom is 0.243 e. The summed E-state index contributed by atoms with van der Waals surface area (Å²) in [6.45, 7) is 4.31. The predicted octanol–water partition coefficient (Wildman–Crippen LogP) is 0.310. The van der Waals surface area contributed by atoms with Gasteiger partial charge in [0.15, 0.2) is 0 Å². The van der Waals surface area contributed by atoms with Crippen molar-refractivity contribution in [1.82, 2.24) is 4.72 Å². The third-order valence-corrected chi connectivity index (χ3v) is 5.24. The number of likely N-dealkylation sites (tertiary alicyclic amines) is 1. The Labute approximate surface area is 117 Å². The number of benzene rings is 1.